The summed E-state index contributed by atoms with van der Waals surface area (Å²) in [7, 11) is -4.73. The van der Waals surface area contributed by atoms with Crippen LogP contribution in [0.3, 0.4) is 0 Å². The van der Waals surface area contributed by atoms with Gasteiger partial charge in [-0.25, -0.2) is 4.57 Å². The van der Waals surface area contributed by atoms with E-state index >= 15 is 0 Å². The molecule has 0 radical (unpaired) electrons. The molecule has 0 amide bonds. The summed E-state index contributed by atoms with van der Waals surface area (Å²) < 4.78 is 25.9. The van der Waals surface area contributed by atoms with Crippen LogP contribution in [0.4, 0.5) is 0 Å². The lowest BCUT2D eigenvalue weighted by Crippen LogP contribution is -2.59. The van der Waals surface area contributed by atoms with E-state index in [9.17, 15) is 19.9 Å². The van der Waals surface area contributed by atoms with Crippen molar-refractivity contribution in [2.24, 2.45) is 5.92 Å². The number of aliphatic hydroxyl groups excluding tert-OH is 3. The summed E-state index contributed by atoms with van der Waals surface area (Å²) >= 11 is 0. The van der Waals surface area contributed by atoms with Gasteiger partial charge in [0.25, 0.3) is 0 Å². The largest absolute Gasteiger partial charge is 0.469 e. The van der Waals surface area contributed by atoms with Crippen LogP contribution in [0.2, 0.25) is 0 Å². The third kappa shape index (κ3) is 5.74. The van der Waals surface area contributed by atoms with Gasteiger partial charge >= 0.3 is 7.82 Å². The second-order valence-electron chi connectivity index (χ2n) is 6.14. The van der Waals surface area contributed by atoms with Gasteiger partial charge < -0.3 is 34.6 Å². The van der Waals surface area contributed by atoms with Crippen molar-refractivity contribution in [3.8, 4) is 0 Å². The Hall–Kier alpha value is -0.0900. The molecule has 1 saturated heterocycles. The standard InChI is InChI=1S/C13H25O9P/c14-10-9(7-21-23(17,18)19)22-13(12(16)11(10)15)20-6-8-4-2-1-3-5-8/h8-16H,1-7H2,(H2,17,18,19)/t9-,10-,11+,12+,13?/m1/s1. The summed E-state index contributed by atoms with van der Waals surface area (Å²) in [4.78, 5) is 17.4. The summed E-state index contributed by atoms with van der Waals surface area (Å²) in [5.41, 5.74) is 0. The predicted octanol–water partition coefficient (Wildman–Crippen LogP) is -0.500. The highest BCUT2D eigenvalue weighted by Crippen LogP contribution is 2.37. The number of rotatable bonds is 6. The number of aliphatic hydroxyl groups is 3. The van der Waals surface area contributed by atoms with Crippen molar-refractivity contribution in [1.82, 2.24) is 0 Å². The van der Waals surface area contributed by atoms with Crippen molar-refractivity contribution in [3.05, 3.63) is 0 Å². The Bertz CT molecular complexity index is 408. The minimum Gasteiger partial charge on any atom is -0.387 e. The third-order valence-electron chi connectivity index (χ3n) is 4.30. The van der Waals surface area contributed by atoms with Crippen LogP contribution in [0.5, 0.6) is 0 Å². The number of hydrogen-bond donors (Lipinski definition) is 5. The molecule has 2 aliphatic rings. The molecule has 5 atom stereocenters. The molecule has 1 unspecified atom stereocenters. The summed E-state index contributed by atoms with van der Waals surface area (Å²) in [5.74, 6) is 0.355. The molecule has 2 fully saturated rings. The van der Waals surface area contributed by atoms with E-state index in [1.807, 2.05) is 0 Å². The summed E-state index contributed by atoms with van der Waals surface area (Å²) in [6.45, 7) is -0.269. The summed E-state index contributed by atoms with van der Waals surface area (Å²) in [6, 6.07) is 0. The lowest BCUT2D eigenvalue weighted by molar-refractivity contribution is -0.302. The van der Waals surface area contributed by atoms with E-state index < -0.39 is 45.1 Å². The van der Waals surface area contributed by atoms with Gasteiger partial charge in [-0.05, 0) is 18.8 Å². The lowest BCUT2D eigenvalue weighted by Gasteiger charge is -2.40. The highest BCUT2D eigenvalue weighted by atomic mass is 31.2. The monoisotopic (exact) mass is 356 g/mol. The van der Waals surface area contributed by atoms with Crippen molar-refractivity contribution < 1.29 is 43.7 Å². The first kappa shape index (κ1) is 19.2. The van der Waals surface area contributed by atoms with Crippen molar-refractivity contribution in [1.29, 1.82) is 0 Å². The van der Waals surface area contributed by atoms with Crippen molar-refractivity contribution in [2.75, 3.05) is 13.2 Å². The van der Waals surface area contributed by atoms with Gasteiger partial charge in [-0.2, -0.15) is 0 Å². The van der Waals surface area contributed by atoms with Gasteiger partial charge in [0.2, 0.25) is 0 Å². The van der Waals surface area contributed by atoms with E-state index in [0.29, 0.717) is 12.5 Å². The Labute approximate surface area is 134 Å². The van der Waals surface area contributed by atoms with Crippen LogP contribution in [-0.4, -0.2) is 69.0 Å². The molecule has 23 heavy (non-hydrogen) atoms. The Morgan fingerprint density at radius 2 is 1.61 bits per heavy atom. The first-order valence-electron chi connectivity index (χ1n) is 7.79. The van der Waals surface area contributed by atoms with E-state index in [0.717, 1.165) is 25.7 Å². The molecule has 0 spiro atoms. The molecule has 10 heteroatoms. The molecule has 2 rings (SSSR count). The second-order valence-corrected chi connectivity index (χ2v) is 7.38. The van der Waals surface area contributed by atoms with Gasteiger partial charge in [-0.3, -0.25) is 4.52 Å². The van der Waals surface area contributed by atoms with E-state index in [4.69, 9.17) is 19.3 Å². The number of ether oxygens (including phenoxy) is 2. The van der Waals surface area contributed by atoms with E-state index in [1.54, 1.807) is 0 Å². The minimum absolute atomic E-state index is 0.355. The van der Waals surface area contributed by atoms with E-state index in [-0.39, 0.29) is 0 Å². The van der Waals surface area contributed by atoms with Crippen LogP contribution in [-0.2, 0) is 18.6 Å². The maximum absolute atomic E-state index is 10.7. The second kappa shape index (κ2) is 8.33. The highest BCUT2D eigenvalue weighted by Gasteiger charge is 2.45. The van der Waals surface area contributed by atoms with Crippen LogP contribution in [0.1, 0.15) is 32.1 Å². The highest BCUT2D eigenvalue weighted by molar-refractivity contribution is 7.46. The fourth-order valence-corrected chi connectivity index (χ4v) is 3.29. The van der Waals surface area contributed by atoms with Gasteiger partial charge in [0.05, 0.1) is 13.2 Å². The zero-order chi connectivity index (χ0) is 17.0. The Morgan fingerprint density at radius 1 is 0.957 bits per heavy atom. The van der Waals surface area contributed by atoms with E-state index in [1.165, 1.54) is 6.42 Å². The fraction of sp³-hybridized carbons (Fsp3) is 1.00. The quantitative estimate of drug-likeness (QED) is 0.397. The Balaban J connectivity index is 1.88. The van der Waals surface area contributed by atoms with Gasteiger partial charge in [0, 0.05) is 0 Å². The molecule has 1 aliphatic heterocycles. The molecule has 1 heterocycles. The molecule has 0 aromatic rings. The van der Waals surface area contributed by atoms with Crippen molar-refractivity contribution in [3.63, 3.8) is 0 Å². The SMILES string of the molecule is O=P(O)(O)OC[C@H]1OC(OCC2CCCCC2)[C@@H](O)[C@@H](O)[C@@H]1O. The number of hydrogen-bond acceptors (Lipinski definition) is 7. The van der Waals surface area contributed by atoms with Gasteiger partial charge in [-0.1, -0.05) is 19.3 Å². The molecular weight excluding hydrogens is 331 g/mol. The van der Waals surface area contributed by atoms with Crippen LogP contribution in [0.15, 0.2) is 0 Å². The van der Waals surface area contributed by atoms with Crippen LogP contribution in [0, 0.1) is 5.92 Å². The van der Waals surface area contributed by atoms with Crippen molar-refractivity contribution in [2.45, 2.75) is 62.8 Å². The molecule has 136 valence electrons. The van der Waals surface area contributed by atoms with Crippen molar-refractivity contribution >= 4 is 7.82 Å². The minimum atomic E-state index is -4.73. The fourth-order valence-electron chi connectivity index (χ4n) is 2.95. The molecule has 1 aliphatic carbocycles. The maximum atomic E-state index is 10.7. The Morgan fingerprint density at radius 3 is 2.22 bits per heavy atom. The Kier molecular flexibility index (Phi) is 6.97. The normalized spacial score (nSPS) is 37.0. The van der Waals surface area contributed by atoms with Crippen LogP contribution < -0.4 is 0 Å². The zero-order valence-electron chi connectivity index (χ0n) is 12.7. The third-order valence-corrected chi connectivity index (χ3v) is 4.78. The first-order valence-corrected chi connectivity index (χ1v) is 9.32. The molecular formula is C13H25O9P. The predicted molar refractivity (Wildman–Crippen MR) is 77.2 cm³/mol. The number of phosphoric ester groups is 1. The van der Waals surface area contributed by atoms with Gasteiger partial charge in [-0.15, -0.1) is 0 Å². The van der Waals surface area contributed by atoms with Gasteiger partial charge in [0.1, 0.15) is 24.4 Å². The molecule has 0 aromatic carbocycles. The summed E-state index contributed by atoms with van der Waals surface area (Å²) in [6.07, 6.45) is -1.41. The average Bonchev–Trinajstić information content (AvgIpc) is 2.51. The zero-order valence-corrected chi connectivity index (χ0v) is 13.6. The smallest absolute Gasteiger partial charge is 0.387 e. The number of phosphoric acid groups is 1. The average molecular weight is 356 g/mol. The molecule has 0 aromatic heterocycles. The van der Waals surface area contributed by atoms with Crippen LogP contribution in [0.25, 0.3) is 0 Å². The lowest BCUT2D eigenvalue weighted by atomic mass is 9.90. The first-order chi connectivity index (χ1) is 10.8. The summed E-state index contributed by atoms with van der Waals surface area (Å²) in [5, 5.41) is 29.6. The topological polar surface area (TPSA) is 146 Å². The van der Waals surface area contributed by atoms with Crippen LogP contribution >= 0.6 is 7.82 Å². The molecule has 5 N–H and O–H groups in total. The molecule has 1 saturated carbocycles. The molecule has 0 bridgehead atoms. The van der Waals surface area contributed by atoms with E-state index in [2.05, 4.69) is 4.52 Å². The maximum Gasteiger partial charge on any atom is 0.469 e. The van der Waals surface area contributed by atoms with Gasteiger partial charge in [0.15, 0.2) is 6.29 Å². The molecule has 9 nitrogen and oxygen atoms in total.